The highest BCUT2D eigenvalue weighted by atomic mass is 16.5. The fourth-order valence-electron chi connectivity index (χ4n) is 3.31. The SMILES string of the molecule is CCCCC(=O)N(CCc1ccccc1)Cc1c(C)[nH]c(C(=O)OCC)c1C. The lowest BCUT2D eigenvalue weighted by Gasteiger charge is -2.23. The number of nitrogens with zero attached hydrogens (tertiary/aromatic N) is 1. The third kappa shape index (κ3) is 5.72. The molecule has 1 N–H and O–H groups in total. The molecule has 0 bridgehead atoms. The first-order valence-corrected chi connectivity index (χ1v) is 10.1. The summed E-state index contributed by atoms with van der Waals surface area (Å²) in [6.45, 7) is 9.24. The highest BCUT2D eigenvalue weighted by Gasteiger charge is 2.22. The van der Waals surface area contributed by atoms with Crippen molar-refractivity contribution in [1.82, 2.24) is 9.88 Å². The number of carbonyl (C=O) groups excluding carboxylic acids is 2. The van der Waals surface area contributed by atoms with Crippen molar-refractivity contribution in [3.8, 4) is 0 Å². The van der Waals surface area contributed by atoms with E-state index >= 15 is 0 Å². The Morgan fingerprint density at radius 3 is 2.46 bits per heavy atom. The Morgan fingerprint density at radius 1 is 1.11 bits per heavy atom. The van der Waals surface area contributed by atoms with E-state index in [9.17, 15) is 9.59 Å². The van der Waals surface area contributed by atoms with Crippen LogP contribution in [0.25, 0.3) is 0 Å². The number of aromatic amines is 1. The number of H-pyrrole nitrogens is 1. The fourth-order valence-corrected chi connectivity index (χ4v) is 3.31. The number of ether oxygens (including phenoxy) is 1. The molecule has 1 aromatic heterocycles. The number of unbranched alkanes of at least 4 members (excludes halogenated alkanes) is 1. The van der Waals surface area contributed by atoms with Crippen LogP contribution in [0.4, 0.5) is 0 Å². The summed E-state index contributed by atoms with van der Waals surface area (Å²) in [7, 11) is 0. The molecule has 0 radical (unpaired) electrons. The van der Waals surface area contributed by atoms with Crippen LogP contribution in [-0.4, -0.2) is 34.9 Å². The van der Waals surface area contributed by atoms with Crippen LogP contribution >= 0.6 is 0 Å². The van der Waals surface area contributed by atoms with E-state index in [1.54, 1.807) is 6.92 Å². The third-order valence-electron chi connectivity index (χ3n) is 5.03. The van der Waals surface area contributed by atoms with Gasteiger partial charge in [0.1, 0.15) is 5.69 Å². The normalized spacial score (nSPS) is 10.7. The van der Waals surface area contributed by atoms with Gasteiger partial charge in [-0.15, -0.1) is 0 Å². The number of benzene rings is 1. The molecule has 0 aliphatic carbocycles. The summed E-state index contributed by atoms with van der Waals surface area (Å²) in [5.41, 5.74) is 4.47. The van der Waals surface area contributed by atoms with Gasteiger partial charge in [-0.05, 0) is 50.3 Å². The maximum atomic E-state index is 12.8. The number of hydrogen-bond acceptors (Lipinski definition) is 3. The van der Waals surface area contributed by atoms with Crippen LogP contribution in [-0.2, 0) is 22.5 Å². The first-order chi connectivity index (χ1) is 13.5. The van der Waals surface area contributed by atoms with Crippen molar-refractivity contribution in [2.75, 3.05) is 13.2 Å². The standard InChI is InChI=1S/C23H32N2O3/c1-5-7-13-21(26)25(15-14-19-11-9-8-10-12-19)16-20-17(3)22(24-18(20)4)23(27)28-6-2/h8-12,24H,5-7,13-16H2,1-4H3. The monoisotopic (exact) mass is 384 g/mol. The molecule has 0 spiro atoms. The number of esters is 1. The average Bonchev–Trinajstić information content (AvgIpc) is 2.98. The number of amides is 1. The predicted molar refractivity (Wildman–Crippen MR) is 111 cm³/mol. The molecular weight excluding hydrogens is 352 g/mol. The summed E-state index contributed by atoms with van der Waals surface area (Å²) < 4.78 is 5.14. The van der Waals surface area contributed by atoms with E-state index in [1.165, 1.54) is 5.56 Å². The largest absolute Gasteiger partial charge is 0.461 e. The van der Waals surface area contributed by atoms with Crippen LogP contribution in [0.2, 0.25) is 0 Å². The molecule has 2 rings (SSSR count). The maximum absolute atomic E-state index is 12.8. The van der Waals surface area contributed by atoms with Crippen LogP contribution in [0, 0.1) is 13.8 Å². The third-order valence-corrected chi connectivity index (χ3v) is 5.03. The zero-order valence-electron chi connectivity index (χ0n) is 17.5. The Kier molecular flexibility index (Phi) is 8.30. The van der Waals surface area contributed by atoms with Gasteiger partial charge >= 0.3 is 5.97 Å². The highest BCUT2D eigenvalue weighted by Crippen LogP contribution is 2.21. The summed E-state index contributed by atoms with van der Waals surface area (Å²) >= 11 is 0. The molecule has 0 fully saturated rings. The second-order valence-electron chi connectivity index (χ2n) is 7.10. The Hall–Kier alpha value is -2.56. The molecule has 1 amide bonds. The van der Waals surface area contributed by atoms with E-state index in [0.29, 0.717) is 31.8 Å². The fraction of sp³-hybridized carbons (Fsp3) is 0.478. The second-order valence-corrected chi connectivity index (χ2v) is 7.10. The van der Waals surface area contributed by atoms with E-state index in [4.69, 9.17) is 4.74 Å². The molecular formula is C23H32N2O3. The van der Waals surface area contributed by atoms with Crippen molar-refractivity contribution in [2.45, 2.75) is 59.9 Å². The highest BCUT2D eigenvalue weighted by molar-refractivity contribution is 5.90. The zero-order valence-corrected chi connectivity index (χ0v) is 17.5. The Balaban J connectivity index is 2.19. The number of aromatic nitrogens is 1. The zero-order chi connectivity index (χ0) is 20.5. The van der Waals surface area contributed by atoms with Crippen molar-refractivity contribution >= 4 is 11.9 Å². The molecule has 2 aromatic rings. The van der Waals surface area contributed by atoms with Crippen LogP contribution in [0.15, 0.2) is 30.3 Å². The van der Waals surface area contributed by atoms with Crippen LogP contribution in [0.3, 0.4) is 0 Å². The number of hydrogen-bond donors (Lipinski definition) is 1. The molecule has 1 aromatic carbocycles. The summed E-state index contributed by atoms with van der Waals surface area (Å²) in [6.07, 6.45) is 3.25. The van der Waals surface area contributed by atoms with Gasteiger partial charge in [-0.25, -0.2) is 4.79 Å². The van der Waals surface area contributed by atoms with Crippen molar-refractivity contribution in [3.05, 3.63) is 58.4 Å². The topological polar surface area (TPSA) is 62.4 Å². The molecule has 0 unspecified atom stereocenters. The van der Waals surface area contributed by atoms with Crippen molar-refractivity contribution in [2.24, 2.45) is 0 Å². The lowest BCUT2D eigenvalue weighted by atomic mass is 10.1. The van der Waals surface area contributed by atoms with Gasteiger partial charge in [0, 0.05) is 25.2 Å². The van der Waals surface area contributed by atoms with Gasteiger partial charge < -0.3 is 14.6 Å². The van der Waals surface area contributed by atoms with Gasteiger partial charge in [0.05, 0.1) is 6.61 Å². The minimum Gasteiger partial charge on any atom is -0.461 e. The van der Waals surface area contributed by atoms with Crippen molar-refractivity contribution in [3.63, 3.8) is 0 Å². The first-order valence-electron chi connectivity index (χ1n) is 10.1. The molecule has 28 heavy (non-hydrogen) atoms. The molecule has 1 heterocycles. The minimum atomic E-state index is -0.345. The van der Waals surface area contributed by atoms with Gasteiger partial charge in [0.2, 0.25) is 5.91 Å². The minimum absolute atomic E-state index is 0.162. The predicted octanol–water partition coefficient (Wildman–Crippen LogP) is 4.57. The molecule has 152 valence electrons. The van der Waals surface area contributed by atoms with Crippen LogP contribution < -0.4 is 0 Å². The average molecular weight is 385 g/mol. The summed E-state index contributed by atoms with van der Waals surface area (Å²) in [6, 6.07) is 10.2. The van der Waals surface area contributed by atoms with E-state index in [1.807, 2.05) is 36.9 Å². The number of carbonyl (C=O) groups is 2. The number of rotatable bonds is 10. The van der Waals surface area contributed by atoms with Crippen molar-refractivity contribution < 1.29 is 14.3 Å². The lowest BCUT2D eigenvalue weighted by molar-refractivity contribution is -0.131. The molecule has 0 saturated carbocycles. The van der Waals surface area contributed by atoms with Crippen LogP contribution in [0.5, 0.6) is 0 Å². The molecule has 0 atom stereocenters. The maximum Gasteiger partial charge on any atom is 0.355 e. The number of nitrogens with one attached hydrogen (secondary N) is 1. The number of aryl methyl sites for hydroxylation is 1. The van der Waals surface area contributed by atoms with E-state index in [0.717, 1.165) is 36.1 Å². The van der Waals surface area contributed by atoms with Gasteiger partial charge in [-0.2, -0.15) is 0 Å². The van der Waals surface area contributed by atoms with Gasteiger partial charge in [0.15, 0.2) is 0 Å². The van der Waals surface area contributed by atoms with Crippen molar-refractivity contribution in [1.29, 1.82) is 0 Å². The Labute approximate surface area is 168 Å². The van der Waals surface area contributed by atoms with E-state index in [-0.39, 0.29) is 11.9 Å². The quantitative estimate of drug-likeness (QED) is 0.610. The Morgan fingerprint density at radius 2 is 1.82 bits per heavy atom. The second kappa shape index (κ2) is 10.7. The summed E-state index contributed by atoms with van der Waals surface area (Å²) in [4.78, 5) is 30.1. The Bertz CT molecular complexity index is 781. The molecule has 5 heteroatoms. The lowest BCUT2D eigenvalue weighted by Crippen LogP contribution is -2.32. The van der Waals surface area contributed by atoms with Gasteiger partial charge in [0.25, 0.3) is 0 Å². The molecule has 0 aliphatic heterocycles. The molecule has 0 aliphatic rings. The van der Waals surface area contributed by atoms with E-state index < -0.39 is 0 Å². The summed E-state index contributed by atoms with van der Waals surface area (Å²) in [5, 5.41) is 0. The first kappa shape index (κ1) is 21.7. The van der Waals surface area contributed by atoms with E-state index in [2.05, 4.69) is 24.0 Å². The molecule has 0 saturated heterocycles. The van der Waals surface area contributed by atoms with Crippen LogP contribution in [0.1, 0.15) is 66.0 Å². The van der Waals surface area contributed by atoms with Gasteiger partial charge in [-0.1, -0.05) is 43.7 Å². The smallest absolute Gasteiger partial charge is 0.355 e. The summed E-state index contributed by atoms with van der Waals surface area (Å²) in [5.74, 6) is -0.182. The molecule has 5 nitrogen and oxygen atoms in total. The van der Waals surface area contributed by atoms with Gasteiger partial charge in [-0.3, -0.25) is 4.79 Å².